The molecule has 246 valence electrons. The van der Waals surface area contributed by atoms with Gasteiger partial charge in [0.1, 0.15) is 35.0 Å². The number of pyridine rings is 1. The average molecular weight is 641 g/mol. The van der Waals surface area contributed by atoms with Crippen molar-refractivity contribution >= 4 is 33.6 Å². The zero-order valence-corrected chi connectivity index (χ0v) is 27.2. The molecule has 0 radical (unpaired) electrons. The number of ether oxygens (including phenoxy) is 2. The number of phenols is 1. The number of fused-ring (bicyclic) bond motifs is 5. The molecule has 6 heterocycles. The number of aromatic nitrogens is 3. The maximum Gasteiger partial charge on any atom is 0.410 e. The van der Waals surface area contributed by atoms with Gasteiger partial charge in [0.05, 0.1) is 23.0 Å². The third kappa shape index (κ3) is 5.28. The van der Waals surface area contributed by atoms with Crippen LogP contribution in [0.1, 0.15) is 59.3 Å². The molecule has 10 nitrogen and oxygen atoms in total. The maximum atomic E-state index is 16.8. The summed E-state index contributed by atoms with van der Waals surface area (Å²) >= 11 is 0. The van der Waals surface area contributed by atoms with Crippen LogP contribution < -0.4 is 9.64 Å². The number of anilines is 1. The first kappa shape index (κ1) is 30.1. The van der Waals surface area contributed by atoms with Gasteiger partial charge in [0.25, 0.3) is 0 Å². The summed E-state index contributed by atoms with van der Waals surface area (Å²) in [5, 5.41) is 12.6. The van der Waals surface area contributed by atoms with Crippen molar-refractivity contribution in [3.05, 3.63) is 48.4 Å². The van der Waals surface area contributed by atoms with E-state index in [0.717, 1.165) is 62.4 Å². The molecule has 4 fully saturated rings. The highest BCUT2D eigenvalue weighted by Crippen LogP contribution is 2.41. The topological polar surface area (TPSA) is 104 Å². The minimum atomic E-state index is -0.594. The fourth-order valence-corrected chi connectivity index (χ4v) is 8.35. The minimum Gasteiger partial charge on any atom is -0.508 e. The zero-order valence-electron chi connectivity index (χ0n) is 27.2. The van der Waals surface area contributed by atoms with E-state index in [0.29, 0.717) is 36.5 Å². The number of aromatic hydroxyl groups is 1. The first-order valence-electron chi connectivity index (χ1n) is 16.8. The summed E-state index contributed by atoms with van der Waals surface area (Å²) in [6.07, 6.45) is 7.45. The summed E-state index contributed by atoms with van der Waals surface area (Å²) < 4.78 is 29.0. The summed E-state index contributed by atoms with van der Waals surface area (Å²) in [6.45, 7) is 9.28. The second-order valence-electron chi connectivity index (χ2n) is 14.6. The molecule has 1 amide bonds. The van der Waals surface area contributed by atoms with Crippen LogP contribution in [0.15, 0.2) is 42.6 Å². The van der Waals surface area contributed by atoms with Crippen LogP contribution in [-0.2, 0) is 4.74 Å². The Balaban J connectivity index is 1.20. The van der Waals surface area contributed by atoms with Crippen LogP contribution in [0.3, 0.4) is 0 Å². The number of carbonyl (C=O) groups is 1. The molecule has 1 N–H and O–H groups in total. The Morgan fingerprint density at radius 3 is 2.49 bits per heavy atom. The average Bonchev–Trinajstić information content (AvgIpc) is 3.69. The van der Waals surface area contributed by atoms with E-state index in [1.165, 1.54) is 0 Å². The monoisotopic (exact) mass is 640 g/mol. The molecule has 0 saturated carbocycles. The van der Waals surface area contributed by atoms with Crippen molar-refractivity contribution in [1.29, 1.82) is 0 Å². The zero-order chi connectivity index (χ0) is 32.5. The van der Waals surface area contributed by atoms with Gasteiger partial charge in [-0.1, -0.05) is 24.3 Å². The molecule has 11 heteroatoms. The van der Waals surface area contributed by atoms with Crippen LogP contribution in [0.25, 0.3) is 32.9 Å². The molecule has 4 aromatic rings. The lowest BCUT2D eigenvalue weighted by Gasteiger charge is -2.42. The van der Waals surface area contributed by atoms with Crippen molar-refractivity contribution in [1.82, 2.24) is 24.8 Å². The van der Waals surface area contributed by atoms with Gasteiger partial charge in [0.15, 0.2) is 5.82 Å². The van der Waals surface area contributed by atoms with Crippen LogP contribution >= 0.6 is 0 Å². The molecular weight excluding hydrogens is 599 g/mol. The highest BCUT2D eigenvalue weighted by molar-refractivity contribution is 6.00. The molecule has 0 aliphatic carbocycles. The summed E-state index contributed by atoms with van der Waals surface area (Å²) in [4.78, 5) is 33.9. The second kappa shape index (κ2) is 11.2. The summed E-state index contributed by atoms with van der Waals surface area (Å²) in [5.41, 5.74) is 0.0955. The largest absolute Gasteiger partial charge is 0.508 e. The summed E-state index contributed by atoms with van der Waals surface area (Å²) in [7, 11) is 0. The molecule has 4 aliphatic rings. The van der Waals surface area contributed by atoms with Gasteiger partial charge in [-0.25, -0.2) is 9.18 Å². The van der Waals surface area contributed by atoms with Crippen molar-refractivity contribution in [2.24, 2.45) is 0 Å². The predicted octanol–water partition coefficient (Wildman–Crippen LogP) is 6.29. The molecule has 8 rings (SSSR count). The van der Waals surface area contributed by atoms with E-state index in [2.05, 4.69) is 19.8 Å². The quantitative estimate of drug-likeness (QED) is 0.270. The van der Waals surface area contributed by atoms with E-state index in [9.17, 15) is 9.90 Å². The molecule has 2 aromatic heterocycles. The van der Waals surface area contributed by atoms with Gasteiger partial charge in [0, 0.05) is 24.8 Å². The number of halogens is 1. The summed E-state index contributed by atoms with van der Waals surface area (Å²) in [5.74, 6) is -0.0111. The third-order valence-electron chi connectivity index (χ3n) is 10.4. The van der Waals surface area contributed by atoms with Crippen molar-refractivity contribution < 1.29 is 23.8 Å². The van der Waals surface area contributed by atoms with Crippen molar-refractivity contribution in [2.75, 3.05) is 37.7 Å². The SMILES string of the molecule is CC(C)(C)OC(=O)N1[C@@H]2CC[C@H]1CN(c1nc(OCC34CCCN3CCC4)nc3c(F)c(-c4cc(O)cc5ccccc45)ncc13)C2. The van der Waals surface area contributed by atoms with Crippen LogP contribution in [0.4, 0.5) is 15.0 Å². The van der Waals surface area contributed by atoms with Gasteiger partial charge in [-0.15, -0.1) is 0 Å². The number of benzene rings is 2. The molecule has 0 spiro atoms. The second-order valence-corrected chi connectivity index (χ2v) is 14.6. The van der Waals surface area contributed by atoms with E-state index < -0.39 is 11.4 Å². The van der Waals surface area contributed by atoms with Gasteiger partial charge in [-0.2, -0.15) is 9.97 Å². The van der Waals surface area contributed by atoms with Crippen molar-refractivity contribution in [3.8, 4) is 23.0 Å². The van der Waals surface area contributed by atoms with Gasteiger partial charge >= 0.3 is 12.1 Å². The number of piperazine rings is 1. The number of carbonyl (C=O) groups excluding carboxylic acids is 1. The van der Waals surface area contributed by atoms with E-state index in [4.69, 9.17) is 14.5 Å². The van der Waals surface area contributed by atoms with Crippen molar-refractivity contribution in [2.45, 2.75) is 82.5 Å². The van der Waals surface area contributed by atoms with Gasteiger partial charge in [0.2, 0.25) is 0 Å². The first-order valence-corrected chi connectivity index (χ1v) is 16.8. The Bertz CT molecular complexity index is 1850. The number of rotatable bonds is 5. The Hall–Kier alpha value is -4.25. The van der Waals surface area contributed by atoms with Crippen LogP contribution in [0.2, 0.25) is 0 Å². The molecular formula is C36H41FN6O4. The molecule has 0 unspecified atom stereocenters. The lowest BCUT2D eigenvalue weighted by molar-refractivity contribution is 0.0122. The van der Waals surface area contributed by atoms with E-state index in [-0.39, 0.29) is 46.7 Å². The summed E-state index contributed by atoms with van der Waals surface area (Å²) in [6, 6.07) is 10.8. The smallest absolute Gasteiger partial charge is 0.410 e. The molecule has 2 bridgehead atoms. The van der Waals surface area contributed by atoms with E-state index in [1.54, 1.807) is 18.3 Å². The maximum absolute atomic E-state index is 16.8. The molecule has 4 aliphatic heterocycles. The Morgan fingerprint density at radius 1 is 1.04 bits per heavy atom. The number of phenolic OH excluding ortho intramolecular Hbond substituents is 1. The minimum absolute atomic E-state index is 0.0287. The van der Waals surface area contributed by atoms with Gasteiger partial charge in [-0.05, 0) is 95.3 Å². The van der Waals surface area contributed by atoms with Crippen molar-refractivity contribution in [3.63, 3.8) is 0 Å². The first-order chi connectivity index (χ1) is 22.6. The number of amides is 1. The van der Waals surface area contributed by atoms with E-state index in [1.807, 2.05) is 49.9 Å². The highest BCUT2D eigenvalue weighted by Gasteiger charge is 2.46. The standard InChI is InChI=1S/C36H41FN6O4/c1-35(2,3)47-34(45)43-23-10-11-24(43)20-41(19-23)32-28-18-38-30(27-17-25(44)16-22-8-4-5-9-26(22)27)29(37)31(28)39-33(40-32)46-21-36-12-6-14-42(36)15-7-13-36/h4-5,8-9,16-18,23-24,44H,6-7,10-15,19-21H2,1-3H3/t23-,24+. The lowest BCUT2D eigenvalue weighted by atomic mass is 9.95. The molecule has 47 heavy (non-hydrogen) atoms. The molecule has 2 atom stereocenters. The lowest BCUT2D eigenvalue weighted by Crippen LogP contribution is -2.57. The number of hydrogen-bond acceptors (Lipinski definition) is 9. The predicted molar refractivity (Wildman–Crippen MR) is 177 cm³/mol. The Morgan fingerprint density at radius 2 is 1.77 bits per heavy atom. The van der Waals surface area contributed by atoms with Crippen LogP contribution in [0.5, 0.6) is 11.8 Å². The Labute approximate surface area is 273 Å². The molecule has 2 aromatic carbocycles. The third-order valence-corrected chi connectivity index (χ3v) is 10.4. The fraction of sp³-hybridized carbons (Fsp3) is 0.500. The van der Waals surface area contributed by atoms with Gasteiger partial charge < -0.3 is 19.5 Å². The molecule has 4 saturated heterocycles. The Kier molecular flexibility index (Phi) is 7.16. The van der Waals surface area contributed by atoms with Crippen LogP contribution in [-0.4, -0.2) is 92.0 Å². The normalized spacial score (nSPS) is 22.3. The fourth-order valence-electron chi connectivity index (χ4n) is 8.35. The van der Waals surface area contributed by atoms with E-state index >= 15 is 4.39 Å². The van der Waals surface area contributed by atoms with Crippen LogP contribution in [0, 0.1) is 5.82 Å². The van der Waals surface area contributed by atoms with Gasteiger partial charge in [-0.3, -0.25) is 14.8 Å². The highest BCUT2D eigenvalue weighted by atomic mass is 19.1. The number of hydrogen-bond donors (Lipinski definition) is 1. The number of nitrogens with zero attached hydrogens (tertiary/aromatic N) is 6.